The predicted molar refractivity (Wildman–Crippen MR) is 108 cm³/mol. The number of nitrogens with zero attached hydrogens (tertiary/aromatic N) is 4. The monoisotopic (exact) mass is 394 g/mol. The Morgan fingerprint density at radius 3 is 2.76 bits per heavy atom. The van der Waals surface area contributed by atoms with Gasteiger partial charge in [-0.25, -0.2) is 4.98 Å². The van der Waals surface area contributed by atoms with Crippen molar-refractivity contribution in [2.24, 2.45) is 0 Å². The molecule has 0 unspecified atom stereocenters. The van der Waals surface area contributed by atoms with Crippen LogP contribution in [0.3, 0.4) is 0 Å². The summed E-state index contributed by atoms with van der Waals surface area (Å²) in [6.45, 7) is 6.59. The van der Waals surface area contributed by atoms with Crippen LogP contribution in [0.2, 0.25) is 0 Å². The summed E-state index contributed by atoms with van der Waals surface area (Å²) in [5.74, 6) is 2.11. The van der Waals surface area contributed by atoms with Gasteiger partial charge < -0.3 is 18.6 Å². The molecule has 2 aromatic heterocycles. The molecule has 29 heavy (non-hydrogen) atoms. The number of benzene rings is 1. The lowest BCUT2D eigenvalue weighted by atomic mass is 10.1. The molecule has 5 rings (SSSR count). The summed E-state index contributed by atoms with van der Waals surface area (Å²) in [5, 5.41) is 0. The maximum absolute atomic E-state index is 12.6. The minimum Gasteiger partial charge on any atom is -0.467 e. The number of carbonyl (C=O) groups is 1. The van der Waals surface area contributed by atoms with E-state index in [2.05, 4.69) is 27.7 Å². The molecule has 1 aromatic carbocycles. The fourth-order valence-electron chi connectivity index (χ4n) is 4.40. The Morgan fingerprint density at radius 2 is 1.93 bits per heavy atom. The summed E-state index contributed by atoms with van der Waals surface area (Å²) in [6.07, 6.45) is 2.15. The van der Waals surface area contributed by atoms with Gasteiger partial charge in [0, 0.05) is 45.1 Å². The summed E-state index contributed by atoms with van der Waals surface area (Å²) in [6, 6.07) is 12.0. The summed E-state index contributed by atoms with van der Waals surface area (Å²) < 4.78 is 13.2. The molecular formula is C22H26N4O3. The molecule has 2 saturated heterocycles. The SMILES string of the molecule is O=C1C[C@H](c2nc3ccccc3n2CCN2CCOCC2)CN1Cc1ccco1. The Labute approximate surface area is 169 Å². The number of likely N-dealkylation sites (tertiary alicyclic amines) is 1. The highest BCUT2D eigenvalue weighted by Crippen LogP contribution is 2.31. The number of imidazole rings is 1. The smallest absolute Gasteiger partial charge is 0.223 e. The fourth-order valence-corrected chi connectivity index (χ4v) is 4.40. The second-order valence-electron chi connectivity index (χ2n) is 7.82. The van der Waals surface area contributed by atoms with Crippen LogP contribution in [0.5, 0.6) is 0 Å². The first-order valence-corrected chi connectivity index (χ1v) is 10.3. The first-order chi connectivity index (χ1) is 14.3. The van der Waals surface area contributed by atoms with E-state index < -0.39 is 0 Å². The number of hydrogen-bond donors (Lipinski definition) is 0. The van der Waals surface area contributed by atoms with Gasteiger partial charge in [-0.1, -0.05) is 12.1 Å². The van der Waals surface area contributed by atoms with Crippen molar-refractivity contribution < 1.29 is 13.9 Å². The molecule has 3 aromatic rings. The number of furan rings is 1. The highest BCUT2D eigenvalue weighted by atomic mass is 16.5. The lowest BCUT2D eigenvalue weighted by Crippen LogP contribution is -2.38. The molecule has 7 nitrogen and oxygen atoms in total. The molecule has 1 amide bonds. The molecule has 0 radical (unpaired) electrons. The van der Waals surface area contributed by atoms with Crippen molar-refractivity contribution in [1.82, 2.24) is 19.4 Å². The summed E-state index contributed by atoms with van der Waals surface area (Å²) in [5.41, 5.74) is 2.15. The van der Waals surface area contributed by atoms with E-state index in [1.807, 2.05) is 23.1 Å². The third-order valence-electron chi connectivity index (χ3n) is 5.93. The zero-order chi connectivity index (χ0) is 19.6. The van der Waals surface area contributed by atoms with Crippen LogP contribution in [0, 0.1) is 0 Å². The Hall–Kier alpha value is -2.64. The van der Waals surface area contributed by atoms with Crippen LogP contribution in [0.25, 0.3) is 11.0 Å². The Balaban J connectivity index is 1.38. The van der Waals surface area contributed by atoms with Gasteiger partial charge in [0.25, 0.3) is 0 Å². The zero-order valence-electron chi connectivity index (χ0n) is 16.5. The van der Waals surface area contributed by atoms with Crippen LogP contribution < -0.4 is 0 Å². The molecule has 2 aliphatic heterocycles. The van der Waals surface area contributed by atoms with Gasteiger partial charge in [0.2, 0.25) is 5.91 Å². The van der Waals surface area contributed by atoms with Crippen molar-refractivity contribution in [3.63, 3.8) is 0 Å². The standard InChI is InChI=1S/C22H26N4O3/c27-21-14-17(15-25(21)16-18-4-3-11-29-18)22-23-19-5-1-2-6-20(19)26(22)8-7-24-9-12-28-13-10-24/h1-6,11,17H,7-10,12-16H2/t17-/m0/s1. The molecule has 7 heteroatoms. The van der Waals surface area contributed by atoms with Crippen LogP contribution >= 0.6 is 0 Å². The topological polar surface area (TPSA) is 63.7 Å². The lowest BCUT2D eigenvalue weighted by Gasteiger charge is -2.27. The van der Waals surface area contributed by atoms with Gasteiger partial charge in [0.05, 0.1) is 37.1 Å². The van der Waals surface area contributed by atoms with Crippen LogP contribution in [0.15, 0.2) is 47.1 Å². The molecule has 152 valence electrons. The first kappa shape index (κ1) is 18.4. The maximum atomic E-state index is 12.6. The first-order valence-electron chi connectivity index (χ1n) is 10.3. The minimum atomic E-state index is 0.106. The maximum Gasteiger partial charge on any atom is 0.223 e. The average molecular weight is 394 g/mol. The van der Waals surface area contributed by atoms with E-state index in [4.69, 9.17) is 14.1 Å². The van der Waals surface area contributed by atoms with Gasteiger partial charge in [-0.2, -0.15) is 0 Å². The number of amides is 1. The fraction of sp³-hybridized carbons (Fsp3) is 0.455. The normalized spacial score (nSPS) is 20.8. The summed E-state index contributed by atoms with van der Waals surface area (Å²) in [4.78, 5) is 21.9. The third-order valence-corrected chi connectivity index (χ3v) is 5.93. The van der Waals surface area contributed by atoms with Crippen LogP contribution in [-0.2, 0) is 22.6 Å². The van der Waals surface area contributed by atoms with Gasteiger partial charge in [0.15, 0.2) is 0 Å². The third kappa shape index (κ3) is 3.80. The van der Waals surface area contributed by atoms with Crippen molar-refractivity contribution in [2.75, 3.05) is 39.4 Å². The molecule has 0 saturated carbocycles. The van der Waals surface area contributed by atoms with Crippen LogP contribution in [-0.4, -0.2) is 64.7 Å². The van der Waals surface area contributed by atoms with E-state index in [1.165, 1.54) is 0 Å². The lowest BCUT2D eigenvalue weighted by molar-refractivity contribution is -0.128. The van der Waals surface area contributed by atoms with E-state index >= 15 is 0 Å². The quantitative estimate of drug-likeness (QED) is 0.643. The highest BCUT2D eigenvalue weighted by molar-refractivity contribution is 5.80. The molecule has 0 N–H and O–H groups in total. The number of ether oxygens (including phenoxy) is 1. The number of hydrogen-bond acceptors (Lipinski definition) is 5. The molecule has 2 aliphatic rings. The van der Waals surface area contributed by atoms with Gasteiger partial charge in [-0.05, 0) is 24.3 Å². The number of fused-ring (bicyclic) bond motifs is 1. The minimum absolute atomic E-state index is 0.106. The van der Waals surface area contributed by atoms with Crippen molar-refractivity contribution in [1.29, 1.82) is 0 Å². The van der Waals surface area contributed by atoms with E-state index in [-0.39, 0.29) is 11.8 Å². The Kier molecular flexibility index (Phi) is 5.08. The molecule has 0 spiro atoms. The number of aromatic nitrogens is 2. The van der Waals surface area contributed by atoms with Crippen molar-refractivity contribution in [3.8, 4) is 0 Å². The van der Waals surface area contributed by atoms with Crippen molar-refractivity contribution >= 4 is 16.9 Å². The van der Waals surface area contributed by atoms with E-state index in [9.17, 15) is 4.79 Å². The zero-order valence-corrected chi connectivity index (χ0v) is 16.5. The van der Waals surface area contributed by atoms with Crippen molar-refractivity contribution in [2.45, 2.75) is 25.4 Å². The van der Waals surface area contributed by atoms with Crippen LogP contribution in [0.4, 0.5) is 0 Å². The van der Waals surface area contributed by atoms with Gasteiger partial charge in [-0.3, -0.25) is 9.69 Å². The van der Waals surface area contributed by atoms with Gasteiger partial charge in [0.1, 0.15) is 11.6 Å². The van der Waals surface area contributed by atoms with E-state index in [0.717, 1.165) is 62.0 Å². The molecule has 0 aliphatic carbocycles. The Bertz CT molecular complexity index is 975. The number of carbonyl (C=O) groups excluding carboxylic acids is 1. The van der Waals surface area contributed by atoms with E-state index in [0.29, 0.717) is 19.5 Å². The molecule has 2 fully saturated rings. The second-order valence-corrected chi connectivity index (χ2v) is 7.82. The second kappa shape index (κ2) is 8.00. The predicted octanol–water partition coefficient (Wildman–Crippen LogP) is 2.48. The Morgan fingerprint density at radius 1 is 1.07 bits per heavy atom. The summed E-state index contributed by atoms with van der Waals surface area (Å²) in [7, 11) is 0. The molecule has 1 atom stereocenters. The molecule has 4 heterocycles. The largest absolute Gasteiger partial charge is 0.467 e. The average Bonchev–Trinajstić information content (AvgIpc) is 3.47. The number of rotatable bonds is 6. The highest BCUT2D eigenvalue weighted by Gasteiger charge is 2.34. The molecular weight excluding hydrogens is 368 g/mol. The number of para-hydroxylation sites is 2. The molecule has 0 bridgehead atoms. The van der Waals surface area contributed by atoms with Crippen molar-refractivity contribution in [3.05, 3.63) is 54.2 Å². The summed E-state index contributed by atoms with van der Waals surface area (Å²) >= 11 is 0. The van der Waals surface area contributed by atoms with E-state index in [1.54, 1.807) is 6.26 Å². The number of morpholine rings is 1. The van der Waals surface area contributed by atoms with Gasteiger partial charge in [-0.15, -0.1) is 0 Å². The van der Waals surface area contributed by atoms with Gasteiger partial charge >= 0.3 is 0 Å². The van der Waals surface area contributed by atoms with Crippen LogP contribution in [0.1, 0.15) is 23.9 Å².